The first kappa shape index (κ1) is 19.6. The summed E-state index contributed by atoms with van der Waals surface area (Å²) in [6.45, 7) is 0. The van der Waals surface area contributed by atoms with Gasteiger partial charge in [0, 0.05) is 18.0 Å². The van der Waals surface area contributed by atoms with Gasteiger partial charge >= 0.3 is 0 Å². The van der Waals surface area contributed by atoms with Crippen molar-refractivity contribution >= 4 is 34.3 Å². The number of carbonyl (C=O) groups is 3. The fraction of sp³-hybridized carbons (Fsp3) is 0.0769. The van der Waals surface area contributed by atoms with Crippen molar-refractivity contribution in [2.75, 3.05) is 5.32 Å². The summed E-state index contributed by atoms with van der Waals surface area (Å²) in [6, 6.07) is 24.2. The van der Waals surface area contributed by atoms with Gasteiger partial charge in [-0.25, -0.2) is 0 Å². The third-order valence-electron chi connectivity index (χ3n) is 5.60. The number of amides is 3. The highest BCUT2D eigenvalue weighted by atomic mass is 16.2. The maximum Gasteiger partial charge on any atom is 0.262 e. The van der Waals surface area contributed by atoms with Crippen LogP contribution >= 0.6 is 0 Å². The highest BCUT2D eigenvalue weighted by Gasteiger charge is 2.42. The van der Waals surface area contributed by atoms with Gasteiger partial charge in [-0.1, -0.05) is 60.7 Å². The Kier molecular flexibility index (Phi) is 4.95. The Bertz CT molecular complexity index is 1310. The zero-order valence-corrected chi connectivity index (χ0v) is 17.1. The molecule has 0 radical (unpaired) electrons. The second-order valence-electron chi connectivity index (χ2n) is 7.60. The Labute approximate surface area is 184 Å². The lowest BCUT2D eigenvalue weighted by Gasteiger charge is -2.25. The minimum absolute atomic E-state index is 0.205. The van der Waals surface area contributed by atoms with Crippen molar-refractivity contribution in [3.05, 3.63) is 108 Å². The molecule has 3 aromatic carbocycles. The van der Waals surface area contributed by atoms with Gasteiger partial charge in [-0.05, 0) is 29.8 Å². The number of para-hydroxylation sites is 1. The molecule has 1 aliphatic heterocycles. The SMILES string of the molecule is O=C(Nc1cccc2cccnc12)C(Cc1ccccc1)N1C(=O)c2ccccc2C1=O. The number of fused-ring (bicyclic) bond motifs is 2. The second-order valence-corrected chi connectivity index (χ2v) is 7.60. The van der Waals surface area contributed by atoms with Crippen molar-refractivity contribution in [3.8, 4) is 0 Å². The maximum atomic E-state index is 13.5. The molecule has 1 N–H and O–H groups in total. The van der Waals surface area contributed by atoms with Gasteiger partial charge < -0.3 is 5.32 Å². The van der Waals surface area contributed by atoms with E-state index in [9.17, 15) is 14.4 Å². The van der Waals surface area contributed by atoms with Gasteiger partial charge in [-0.2, -0.15) is 0 Å². The third-order valence-corrected chi connectivity index (χ3v) is 5.60. The molecule has 5 rings (SSSR count). The fourth-order valence-corrected chi connectivity index (χ4v) is 4.05. The third kappa shape index (κ3) is 3.41. The first-order chi connectivity index (χ1) is 15.6. The number of pyridine rings is 1. The minimum Gasteiger partial charge on any atom is -0.322 e. The first-order valence-electron chi connectivity index (χ1n) is 10.3. The number of nitrogens with one attached hydrogen (secondary N) is 1. The molecule has 2 heterocycles. The van der Waals surface area contributed by atoms with Gasteiger partial charge in [0.15, 0.2) is 0 Å². The highest BCUT2D eigenvalue weighted by molar-refractivity contribution is 6.23. The van der Waals surface area contributed by atoms with Crippen LogP contribution in [0.5, 0.6) is 0 Å². The molecule has 6 nitrogen and oxygen atoms in total. The van der Waals surface area contributed by atoms with Crippen LogP contribution in [0.4, 0.5) is 5.69 Å². The molecule has 0 fully saturated rings. The molecule has 6 heteroatoms. The van der Waals surface area contributed by atoms with Crippen molar-refractivity contribution in [1.82, 2.24) is 9.88 Å². The Morgan fingerprint density at radius 2 is 1.47 bits per heavy atom. The molecular formula is C26H19N3O3. The van der Waals surface area contributed by atoms with Gasteiger partial charge in [0.1, 0.15) is 6.04 Å². The molecule has 0 spiro atoms. The Morgan fingerprint density at radius 1 is 0.812 bits per heavy atom. The lowest BCUT2D eigenvalue weighted by molar-refractivity contribution is -0.119. The number of aromatic nitrogens is 1. The molecule has 0 aliphatic carbocycles. The molecule has 32 heavy (non-hydrogen) atoms. The van der Waals surface area contributed by atoms with Crippen LogP contribution in [0, 0.1) is 0 Å². The van der Waals surface area contributed by atoms with E-state index in [0.717, 1.165) is 15.8 Å². The van der Waals surface area contributed by atoms with Crippen LogP contribution in [-0.4, -0.2) is 33.6 Å². The number of anilines is 1. The molecule has 1 unspecified atom stereocenters. The summed E-state index contributed by atoms with van der Waals surface area (Å²) in [5, 5.41) is 3.78. The first-order valence-corrected chi connectivity index (χ1v) is 10.3. The number of hydrogen-bond donors (Lipinski definition) is 1. The summed E-state index contributed by atoms with van der Waals surface area (Å²) >= 11 is 0. The maximum absolute atomic E-state index is 13.5. The molecule has 4 aromatic rings. The van der Waals surface area contributed by atoms with Crippen LogP contribution < -0.4 is 5.32 Å². The monoisotopic (exact) mass is 421 g/mol. The highest BCUT2D eigenvalue weighted by Crippen LogP contribution is 2.27. The standard InChI is InChI=1S/C26H19N3O3/c30-24(28-21-14-6-10-18-11-7-15-27-23(18)21)22(16-17-8-2-1-3-9-17)29-25(31)19-12-4-5-13-20(19)26(29)32/h1-15,22H,16H2,(H,28,30). The van der Waals surface area contributed by atoms with E-state index in [1.807, 2.05) is 54.6 Å². The van der Waals surface area contributed by atoms with Crippen molar-refractivity contribution < 1.29 is 14.4 Å². The summed E-state index contributed by atoms with van der Waals surface area (Å²) < 4.78 is 0. The summed E-state index contributed by atoms with van der Waals surface area (Å²) in [6.07, 6.45) is 1.86. The van der Waals surface area contributed by atoms with Crippen LogP contribution in [-0.2, 0) is 11.2 Å². The van der Waals surface area contributed by atoms with E-state index < -0.39 is 23.8 Å². The van der Waals surface area contributed by atoms with Crippen LogP contribution in [0.15, 0.2) is 91.1 Å². The number of rotatable bonds is 5. The molecule has 1 aromatic heterocycles. The predicted molar refractivity (Wildman–Crippen MR) is 121 cm³/mol. The average Bonchev–Trinajstić information content (AvgIpc) is 3.08. The summed E-state index contributed by atoms with van der Waals surface area (Å²) in [7, 11) is 0. The molecule has 0 saturated carbocycles. The van der Waals surface area contributed by atoms with Crippen molar-refractivity contribution in [3.63, 3.8) is 0 Å². The van der Waals surface area contributed by atoms with Crippen molar-refractivity contribution in [2.24, 2.45) is 0 Å². The van der Waals surface area contributed by atoms with Crippen LogP contribution in [0.2, 0.25) is 0 Å². The number of carbonyl (C=O) groups excluding carboxylic acids is 3. The Hall–Kier alpha value is -4.32. The van der Waals surface area contributed by atoms with Gasteiger partial charge in [-0.15, -0.1) is 0 Å². The Balaban J connectivity index is 1.52. The van der Waals surface area contributed by atoms with E-state index in [4.69, 9.17) is 0 Å². The zero-order valence-electron chi connectivity index (χ0n) is 17.1. The molecular weight excluding hydrogens is 402 g/mol. The smallest absolute Gasteiger partial charge is 0.262 e. The van der Waals surface area contributed by atoms with Crippen molar-refractivity contribution in [2.45, 2.75) is 12.5 Å². The van der Waals surface area contributed by atoms with E-state index in [0.29, 0.717) is 22.3 Å². The quantitative estimate of drug-likeness (QED) is 0.493. The van der Waals surface area contributed by atoms with E-state index in [-0.39, 0.29) is 6.42 Å². The van der Waals surface area contributed by atoms with Gasteiger partial charge in [0.05, 0.1) is 22.3 Å². The van der Waals surface area contributed by atoms with Gasteiger partial charge in [0.25, 0.3) is 11.8 Å². The normalized spacial score (nSPS) is 13.8. The van der Waals surface area contributed by atoms with E-state index >= 15 is 0 Å². The molecule has 1 atom stereocenters. The molecule has 156 valence electrons. The number of benzene rings is 3. The summed E-state index contributed by atoms with van der Waals surface area (Å²) in [5.74, 6) is -1.36. The zero-order chi connectivity index (χ0) is 22.1. The summed E-state index contributed by atoms with van der Waals surface area (Å²) in [5.41, 5.74) is 2.65. The largest absolute Gasteiger partial charge is 0.322 e. The average molecular weight is 421 g/mol. The molecule has 1 aliphatic rings. The number of imide groups is 1. The second kappa shape index (κ2) is 8.07. The Morgan fingerprint density at radius 3 is 2.19 bits per heavy atom. The minimum atomic E-state index is -1.01. The number of hydrogen-bond acceptors (Lipinski definition) is 4. The van der Waals surface area contributed by atoms with E-state index in [1.165, 1.54) is 0 Å². The van der Waals surface area contributed by atoms with Crippen molar-refractivity contribution in [1.29, 1.82) is 0 Å². The predicted octanol–water partition coefficient (Wildman–Crippen LogP) is 4.08. The van der Waals surface area contributed by atoms with Crippen LogP contribution in [0.25, 0.3) is 10.9 Å². The molecule has 3 amide bonds. The molecule has 0 saturated heterocycles. The van der Waals surface area contributed by atoms with Gasteiger partial charge in [0.2, 0.25) is 5.91 Å². The lowest BCUT2D eigenvalue weighted by Crippen LogP contribution is -2.48. The number of nitrogens with zero attached hydrogens (tertiary/aromatic N) is 2. The van der Waals surface area contributed by atoms with E-state index in [2.05, 4.69) is 10.3 Å². The van der Waals surface area contributed by atoms with Gasteiger partial charge in [-0.3, -0.25) is 24.3 Å². The van der Waals surface area contributed by atoms with Crippen LogP contribution in [0.3, 0.4) is 0 Å². The van der Waals surface area contributed by atoms with Crippen LogP contribution in [0.1, 0.15) is 26.3 Å². The van der Waals surface area contributed by atoms with E-state index in [1.54, 1.807) is 36.5 Å². The summed E-state index contributed by atoms with van der Waals surface area (Å²) in [4.78, 5) is 45.2. The topological polar surface area (TPSA) is 79.4 Å². The molecule has 0 bridgehead atoms. The fourth-order valence-electron chi connectivity index (χ4n) is 4.05. The lowest BCUT2D eigenvalue weighted by atomic mass is 10.0.